The van der Waals surface area contributed by atoms with Gasteiger partial charge in [-0.1, -0.05) is 0 Å². The first kappa shape index (κ1) is 35.5. The molecule has 0 saturated carbocycles. The van der Waals surface area contributed by atoms with Crippen LogP contribution in [0.3, 0.4) is 0 Å². The first-order valence-corrected chi connectivity index (χ1v) is 19.0. The second-order valence-corrected chi connectivity index (χ2v) is 20.9. The Hall–Kier alpha value is -2.38. The first-order chi connectivity index (χ1) is 19.8. The molecule has 0 nitrogen and oxygen atoms in total. The minimum atomic E-state index is -1.11. The van der Waals surface area contributed by atoms with E-state index in [1.54, 1.807) is 22.3 Å². The van der Waals surface area contributed by atoms with Crippen LogP contribution in [0.2, 0.25) is 0 Å². The molecule has 3 heteroatoms. The van der Waals surface area contributed by atoms with Gasteiger partial charge in [0, 0.05) is 0 Å². The van der Waals surface area contributed by atoms with Crippen LogP contribution in [0.15, 0.2) is 72.8 Å². The Kier molecular flexibility index (Phi) is 9.22. The van der Waals surface area contributed by atoms with Crippen LogP contribution in [0.4, 0.5) is 0 Å². The summed E-state index contributed by atoms with van der Waals surface area (Å²) in [6, 6.07) is 29.7. The molecule has 236 valence electrons. The molecule has 45 heavy (non-hydrogen) atoms. The molecule has 0 amide bonds. The van der Waals surface area contributed by atoms with Gasteiger partial charge in [-0.3, -0.25) is 0 Å². The molecular formula is C42H50F2Zr. The van der Waals surface area contributed by atoms with Gasteiger partial charge in [0.2, 0.25) is 0 Å². The maximum absolute atomic E-state index is 2.59. The number of rotatable bonds is 2. The van der Waals surface area contributed by atoms with Gasteiger partial charge in [0.05, 0.1) is 0 Å². The van der Waals surface area contributed by atoms with E-state index in [1.165, 1.54) is 44.5 Å². The molecule has 0 aliphatic heterocycles. The Morgan fingerprint density at radius 3 is 0.733 bits per heavy atom. The molecule has 0 saturated heterocycles. The third kappa shape index (κ3) is 6.33. The summed E-state index contributed by atoms with van der Waals surface area (Å²) in [6.07, 6.45) is 0. The summed E-state index contributed by atoms with van der Waals surface area (Å²) in [5.41, 5.74) is 18.6. The molecule has 0 atom stereocenters. The summed E-state index contributed by atoms with van der Waals surface area (Å²) in [6.45, 7) is 28.3. The van der Waals surface area contributed by atoms with E-state index in [0.29, 0.717) is 7.25 Å². The van der Waals surface area contributed by atoms with Crippen LogP contribution in [-0.4, -0.2) is 0 Å². The number of hydrogen-bond donors (Lipinski definition) is 0. The summed E-state index contributed by atoms with van der Waals surface area (Å²) in [5, 5.41) is 0. The van der Waals surface area contributed by atoms with Gasteiger partial charge in [0.15, 0.2) is 0 Å². The zero-order chi connectivity index (χ0) is 31.3. The van der Waals surface area contributed by atoms with E-state index >= 15 is 0 Å². The van der Waals surface area contributed by atoms with Crippen molar-refractivity contribution in [3.63, 3.8) is 0 Å². The van der Waals surface area contributed by atoms with Crippen LogP contribution in [-0.2, 0) is 44.9 Å². The fraction of sp³-hybridized carbons (Fsp3) is 0.429. The van der Waals surface area contributed by atoms with Crippen LogP contribution in [0, 0.1) is 0 Å². The molecule has 0 aromatic heterocycles. The molecule has 0 spiro atoms. The smallest absolute Gasteiger partial charge is 1.00 e. The Labute approximate surface area is 282 Å². The zero-order valence-electron chi connectivity index (χ0n) is 29.3. The van der Waals surface area contributed by atoms with E-state index in [-0.39, 0.29) is 31.1 Å². The van der Waals surface area contributed by atoms with E-state index in [9.17, 15) is 0 Å². The molecule has 2 aliphatic carbocycles. The topological polar surface area (TPSA) is 0 Å². The summed E-state index contributed by atoms with van der Waals surface area (Å²) in [7, 11) is 0. The molecule has 2 aliphatic rings. The summed E-state index contributed by atoms with van der Waals surface area (Å²) in [4.78, 5) is 0. The first-order valence-electron chi connectivity index (χ1n) is 16.2. The average Bonchev–Trinajstić information content (AvgIpc) is 3.38. The molecule has 6 rings (SSSR count). The van der Waals surface area contributed by atoms with Crippen LogP contribution in [0.25, 0.3) is 22.3 Å². The van der Waals surface area contributed by atoms with Crippen LogP contribution < -0.4 is 9.41 Å². The largest absolute Gasteiger partial charge is 1.00 e. The SMILES string of the molecule is CC(C)(C)c1ccc2c(c1)[CH]([Zr+2][CH]1c3cc(C(C)(C)C)ccc3-c3ccc(C(C)(C)C)cc31)c1cc(C(C)(C)C)ccc1-2.[F-].[F-]. The Morgan fingerprint density at radius 2 is 0.556 bits per heavy atom. The third-order valence-corrected chi connectivity index (χ3v) is 14.5. The van der Waals surface area contributed by atoms with Crippen LogP contribution in [0.1, 0.15) is 135 Å². The van der Waals surface area contributed by atoms with E-state index in [4.69, 9.17) is 0 Å². The fourth-order valence-corrected chi connectivity index (χ4v) is 11.8. The number of benzene rings is 4. The van der Waals surface area contributed by atoms with Gasteiger partial charge in [0.25, 0.3) is 0 Å². The molecule has 0 N–H and O–H groups in total. The second-order valence-electron chi connectivity index (χ2n) is 17.2. The van der Waals surface area contributed by atoms with Gasteiger partial charge in [-0.05, 0) is 0 Å². The van der Waals surface area contributed by atoms with Gasteiger partial charge in [-0.2, -0.15) is 0 Å². The molecular weight excluding hydrogens is 634 g/mol. The molecule has 4 aromatic rings. The van der Waals surface area contributed by atoms with Crippen molar-refractivity contribution in [3.05, 3.63) is 117 Å². The van der Waals surface area contributed by atoms with Crippen molar-refractivity contribution >= 4 is 0 Å². The van der Waals surface area contributed by atoms with Crippen molar-refractivity contribution in [2.45, 2.75) is 112 Å². The fourth-order valence-electron chi connectivity index (χ4n) is 6.91. The standard InChI is InChI=1S/2C21H25.2FH.Zr/c2*1-20(2,3)16-7-9-18-14(12-16)11-15-13-17(21(4,5)6)8-10-19(15)18;;;/h2*7-13H,1-6H3;2*1H;/q;;;;+2/p-2. The normalized spacial score (nSPS) is 14.5. The van der Waals surface area contributed by atoms with Crippen molar-refractivity contribution in [3.8, 4) is 22.3 Å². The zero-order valence-corrected chi connectivity index (χ0v) is 31.8. The van der Waals surface area contributed by atoms with E-state index in [2.05, 4.69) is 156 Å². The number of halogens is 2. The van der Waals surface area contributed by atoms with E-state index < -0.39 is 23.2 Å². The van der Waals surface area contributed by atoms with Gasteiger partial charge >= 0.3 is 275 Å². The summed E-state index contributed by atoms with van der Waals surface area (Å²) in [5.74, 6) is 0. The van der Waals surface area contributed by atoms with Gasteiger partial charge in [-0.25, -0.2) is 0 Å². The summed E-state index contributed by atoms with van der Waals surface area (Å²) >= 11 is -1.11. The maximum Gasteiger partial charge on any atom is -1.00 e. The predicted molar refractivity (Wildman–Crippen MR) is 182 cm³/mol. The third-order valence-electron chi connectivity index (χ3n) is 9.83. The van der Waals surface area contributed by atoms with Gasteiger partial charge in [-0.15, -0.1) is 0 Å². The van der Waals surface area contributed by atoms with Crippen LogP contribution >= 0.6 is 0 Å². The average molecular weight is 684 g/mol. The minimum absolute atomic E-state index is 0. The molecule has 0 radical (unpaired) electrons. The Morgan fingerprint density at radius 1 is 0.356 bits per heavy atom. The second kappa shape index (κ2) is 11.7. The van der Waals surface area contributed by atoms with Crippen LogP contribution in [0.5, 0.6) is 0 Å². The minimum Gasteiger partial charge on any atom is -1.00 e. The summed E-state index contributed by atoms with van der Waals surface area (Å²) < 4.78 is 1.05. The molecule has 0 bridgehead atoms. The Bertz CT molecular complexity index is 1480. The monoisotopic (exact) mass is 682 g/mol. The van der Waals surface area contributed by atoms with Crippen molar-refractivity contribution in [1.82, 2.24) is 0 Å². The maximum atomic E-state index is 2.59. The Balaban J connectivity index is 0.00000230. The molecule has 0 heterocycles. The molecule has 0 fully saturated rings. The van der Waals surface area contributed by atoms with Crippen molar-refractivity contribution in [1.29, 1.82) is 0 Å². The number of hydrogen-bond acceptors (Lipinski definition) is 0. The quantitative estimate of drug-likeness (QED) is 0.251. The van der Waals surface area contributed by atoms with Crippen molar-refractivity contribution in [2.75, 3.05) is 0 Å². The number of fused-ring (bicyclic) bond motifs is 6. The van der Waals surface area contributed by atoms with Gasteiger partial charge in [0.1, 0.15) is 0 Å². The van der Waals surface area contributed by atoms with Crippen molar-refractivity contribution in [2.24, 2.45) is 0 Å². The molecule has 0 unspecified atom stereocenters. The molecule has 4 aromatic carbocycles. The van der Waals surface area contributed by atoms with Crippen molar-refractivity contribution < 1.29 is 32.6 Å². The van der Waals surface area contributed by atoms with E-state index in [1.807, 2.05) is 0 Å². The van der Waals surface area contributed by atoms with Gasteiger partial charge < -0.3 is 9.41 Å². The predicted octanol–water partition coefficient (Wildman–Crippen LogP) is 5.81. The van der Waals surface area contributed by atoms with E-state index in [0.717, 1.165) is 0 Å².